The van der Waals surface area contributed by atoms with Crippen LogP contribution in [-0.4, -0.2) is 35.2 Å². The molecule has 3 atom stereocenters. The maximum Gasteiger partial charge on any atom is 0.344 e. The normalized spacial score (nSPS) is 26.7. The molecule has 2 aliphatic heterocycles. The van der Waals surface area contributed by atoms with E-state index in [1.54, 1.807) is 17.8 Å². The summed E-state index contributed by atoms with van der Waals surface area (Å²) in [7, 11) is 0. The Balaban J connectivity index is 1.37. The van der Waals surface area contributed by atoms with Crippen LogP contribution >= 0.6 is 11.8 Å². The molecule has 0 spiro atoms. The Morgan fingerprint density at radius 1 is 1.07 bits per heavy atom. The number of hydrogen-bond donors (Lipinski definition) is 0. The molecule has 0 N–H and O–H groups in total. The van der Waals surface area contributed by atoms with E-state index in [-0.39, 0.29) is 28.9 Å². The van der Waals surface area contributed by atoms with Crippen molar-refractivity contribution in [2.45, 2.75) is 24.3 Å². The lowest BCUT2D eigenvalue weighted by molar-refractivity contribution is -0.147. The zero-order chi connectivity index (χ0) is 20.2. The van der Waals surface area contributed by atoms with E-state index >= 15 is 0 Å². The lowest BCUT2D eigenvalue weighted by Gasteiger charge is -2.30. The van der Waals surface area contributed by atoms with E-state index in [9.17, 15) is 9.59 Å². The number of ether oxygens (including phenoxy) is 1. The average Bonchev–Trinajstić information content (AvgIpc) is 3.42. The quantitative estimate of drug-likeness (QED) is 0.547. The second-order valence-corrected chi connectivity index (χ2v) is 9.36. The van der Waals surface area contributed by atoms with Crippen LogP contribution in [-0.2, 0) is 27.2 Å². The van der Waals surface area contributed by atoms with Crippen molar-refractivity contribution in [2.24, 2.45) is 5.92 Å². The van der Waals surface area contributed by atoms with Crippen molar-refractivity contribution < 1.29 is 14.3 Å². The van der Waals surface area contributed by atoms with Crippen LogP contribution in [0.3, 0.4) is 0 Å². The van der Waals surface area contributed by atoms with Gasteiger partial charge < -0.3 is 9.64 Å². The minimum atomic E-state index is -0.516. The van der Waals surface area contributed by atoms with E-state index in [2.05, 4.69) is 30.3 Å². The number of nitrogens with zero attached hydrogens (tertiary/aromatic N) is 1. The maximum absolute atomic E-state index is 13.5. The molecule has 2 aromatic rings. The van der Waals surface area contributed by atoms with E-state index in [4.69, 9.17) is 4.74 Å². The summed E-state index contributed by atoms with van der Waals surface area (Å²) in [5.74, 6) is 0.0464. The first kappa shape index (κ1) is 18.0. The molecule has 1 fully saturated rings. The number of hydrogen-bond acceptors (Lipinski definition) is 4. The molecule has 1 saturated heterocycles. The fourth-order valence-electron chi connectivity index (χ4n) is 5.05. The summed E-state index contributed by atoms with van der Waals surface area (Å²) < 4.78 is 5.53. The highest BCUT2D eigenvalue weighted by molar-refractivity contribution is 7.99. The highest BCUT2D eigenvalue weighted by Gasteiger charge is 2.39. The molecule has 0 aromatic heterocycles. The van der Waals surface area contributed by atoms with Gasteiger partial charge in [0, 0.05) is 18.2 Å². The third-order valence-electron chi connectivity index (χ3n) is 6.51. The Kier molecular flexibility index (Phi) is 4.13. The van der Waals surface area contributed by atoms with Crippen LogP contribution in [0.4, 0.5) is 0 Å². The van der Waals surface area contributed by atoms with E-state index in [0.29, 0.717) is 6.54 Å². The van der Waals surface area contributed by atoms with Gasteiger partial charge in [0.2, 0.25) is 0 Å². The third-order valence-corrected chi connectivity index (χ3v) is 7.75. The Labute approximate surface area is 179 Å². The van der Waals surface area contributed by atoms with Crippen LogP contribution in [0.2, 0.25) is 0 Å². The summed E-state index contributed by atoms with van der Waals surface area (Å²) in [4.78, 5) is 27.9. The molecule has 3 unspecified atom stereocenters. The molecule has 150 valence electrons. The average molecular weight is 416 g/mol. The SMILES string of the molecule is O=C1OC2C=CC=CC2C=C1C(=O)N1CCSC1c1ccc2c3c(cccc13)CC2. The number of aryl methyl sites for hydroxylation is 2. The van der Waals surface area contributed by atoms with Crippen LogP contribution in [0, 0.1) is 5.92 Å². The van der Waals surface area contributed by atoms with Crippen molar-refractivity contribution in [1.29, 1.82) is 0 Å². The second kappa shape index (κ2) is 6.88. The number of rotatable bonds is 2. The minimum Gasteiger partial charge on any atom is -0.453 e. The van der Waals surface area contributed by atoms with Gasteiger partial charge in [-0.15, -0.1) is 11.8 Å². The molecule has 0 bridgehead atoms. The van der Waals surface area contributed by atoms with Gasteiger partial charge in [0.1, 0.15) is 17.1 Å². The van der Waals surface area contributed by atoms with Gasteiger partial charge in [0.15, 0.2) is 0 Å². The molecule has 5 heteroatoms. The molecule has 4 nitrogen and oxygen atoms in total. The molecular formula is C25H21NO3S. The summed E-state index contributed by atoms with van der Waals surface area (Å²) in [5, 5.41) is 2.50. The highest BCUT2D eigenvalue weighted by atomic mass is 32.2. The van der Waals surface area contributed by atoms with Gasteiger partial charge >= 0.3 is 5.97 Å². The van der Waals surface area contributed by atoms with E-state index in [1.807, 2.05) is 29.2 Å². The van der Waals surface area contributed by atoms with Crippen molar-refractivity contribution >= 4 is 34.4 Å². The fourth-order valence-corrected chi connectivity index (χ4v) is 6.34. The Morgan fingerprint density at radius 3 is 2.80 bits per heavy atom. The molecule has 1 amide bonds. The van der Waals surface area contributed by atoms with Crippen molar-refractivity contribution in [3.05, 3.63) is 83.0 Å². The molecule has 30 heavy (non-hydrogen) atoms. The first-order valence-corrected chi connectivity index (χ1v) is 11.5. The zero-order valence-corrected chi connectivity index (χ0v) is 17.2. The monoisotopic (exact) mass is 415 g/mol. The van der Waals surface area contributed by atoms with E-state index < -0.39 is 5.97 Å². The molecule has 2 heterocycles. The first-order chi connectivity index (χ1) is 14.7. The van der Waals surface area contributed by atoms with E-state index in [1.165, 1.54) is 21.9 Å². The van der Waals surface area contributed by atoms with Crippen LogP contribution in [0.25, 0.3) is 10.8 Å². The van der Waals surface area contributed by atoms with Gasteiger partial charge in [-0.3, -0.25) is 4.79 Å². The Morgan fingerprint density at radius 2 is 1.90 bits per heavy atom. The largest absolute Gasteiger partial charge is 0.453 e. The van der Waals surface area contributed by atoms with E-state index in [0.717, 1.165) is 24.2 Å². The van der Waals surface area contributed by atoms with Gasteiger partial charge in [-0.1, -0.05) is 54.6 Å². The molecule has 4 aliphatic rings. The van der Waals surface area contributed by atoms with Crippen molar-refractivity contribution in [1.82, 2.24) is 4.90 Å². The van der Waals surface area contributed by atoms with Gasteiger partial charge in [0.05, 0.1) is 0 Å². The fraction of sp³-hybridized carbons (Fsp3) is 0.280. The predicted molar refractivity (Wildman–Crippen MR) is 118 cm³/mol. The van der Waals surface area contributed by atoms with Gasteiger partial charge in [0.25, 0.3) is 5.91 Å². The standard InChI is InChI=1S/C25H21NO3S/c27-23(20-14-17-4-1-2-7-21(17)29-25(20)28)26-12-13-30-24(26)19-11-10-16-9-8-15-5-3-6-18(19)22(15)16/h1-7,10-11,14,17,21,24H,8-9,12-13H2. The number of benzene rings is 2. The predicted octanol–water partition coefficient (Wildman–Crippen LogP) is 4.11. The van der Waals surface area contributed by atoms with Crippen LogP contribution in [0.5, 0.6) is 0 Å². The molecule has 2 aromatic carbocycles. The number of thioether (sulfide) groups is 1. The lowest BCUT2D eigenvalue weighted by atomic mass is 9.92. The van der Waals surface area contributed by atoms with Crippen molar-refractivity contribution in [2.75, 3.05) is 12.3 Å². The third kappa shape index (κ3) is 2.68. The Bertz CT molecular complexity index is 1170. The smallest absolute Gasteiger partial charge is 0.344 e. The van der Waals surface area contributed by atoms with Crippen molar-refractivity contribution in [3.8, 4) is 0 Å². The van der Waals surface area contributed by atoms with Crippen LogP contribution in [0.1, 0.15) is 22.1 Å². The highest BCUT2D eigenvalue weighted by Crippen LogP contribution is 2.44. The number of carbonyl (C=O) groups excluding carboxylic acids is 2. The summed E-state index contributed by atoms with van der Waals surface area (Å²) in [5.41, 5.74) is 4.12. The molecular weight excluding hydrogens is 394 g/mol. The number of carbonyl (C=O) groups is 2. The Hall–Kier alpha value is -2.79. The zero-order valence-electron chi connectivity index (χ0n) is 16.4. The summed E-state index contributed by atoms with van der Waals surface area (Å²) in [6, 6.07) is 10.9. The van der Waals surface area contributed by atoms with Gasteiger partial charge in [-0.25, -0.2) is 4.79 Å². The molecule has 0 radical (unpaired) electrons. The number of esters is 1. The first-order valence-electron chi connectivity index (χ1n) is 10.4. The summed E-state index contributed by atoms with van der Waals surface area (Å²) >= 11 is 1.77. The minimum absolute atomic E-state index is 0.0721. The van der Waals surface area contributed by atoms with Crippen LogP contribution in [0.15, 0.2) is 66.3 Å². The number of amides is 1. The molecule has 0 saturated carbocycles. The maximum atomic E-state index is 13.5. The number of fused-ring (bicyclic) bond motifs is 1. The van der Waals surface area contributed by atoms with Gasteiger partial charge in [-0.05, 0) is 46.4 Å². The summed E-state index contributed by atoms with van der Waals surface area (Å²) in [6.07, 6.45) is 11.3. The number of allylic oxidation sites excluding steroid dienone is 2. The molecule has 2 aliphatic carbocycles. The van der Waals surface area contributed by atoms with Crippen LogP contribution < -0.4 is 0 Å². The summed E-state index contributed by atoms with van der Waals surface area (Å²) in [6.45, 7) is 0.631. The van der Waals surface area contributed by atoms with Crippen molar-refractivity contribution in [3.63, 3.8) is 0 Å². The lowest BCUT2D eigenvalue weighted by Crippen LogP contribution is -2.39. The molecule has 6 rings (SSSR count). The topological polar surface area (TPSA) is 46.6 Å². The van der Waals surface area contributed by atoms with Gasteiger partial charge in [-0.2, -0.15) is 0 Å². The second-order valence-electron chi connectivity index (χ2n) is 8.17.